The Hall–Kier alpha value is -2.82. The minimum atomic E-state index is -1.57. The van der Waals surface area contributed by atoms with Crippen LogP contribution in [-0.4, -0.2) is 34.9 Å². The number of amides is 2. The molecule has 1 aliphatic heterocycles. The second kappa shape index (κ2) is 9.58. The summed E-state index contributed by atoms with van der Waals surface area (Å²) < 4.78 is 39.9. The lowest BCUT2D eigenvalue weighted by Gasteiger charge is -2.32. The van der Waals surface area contributed by atoms with Gasteiger partial charge >= 0.3 is 0 Å². The number of nitrogens with one attached hydrogen (secondary N) is 2. The summed E-state index contributed by atoms with van der Waals surface area (Å²) in [5, 5.41) is 5.33. The number of carbonyl (C=O) groups excluding carboxylic acids is 2. The normalized spacial score (nSPS) is 21.8. The Kier molecular flexibility index (Phi) is 7.20. The van der Waals surface area contributed by atoms with Crippen molar-refractivity contribution in [3.63, 3.8) is 0 Å². The Morgan fingerprint density at radius 2 is 1.88 bits per heavy atom. The lowest BCUT2D eigenvalue weighted by atomic mass is 10.0. The van der Waals surface area contributed by atoms with Crippen LogP contribution in [0.25, 0.3) is 0 Å². The molecule has 1 aromatic carbocycles. The van der Waals surface area contributed by atoms with Gasteiger partial charge in [0.2, 0.25) is 11.8 Å². The van der Waals surface area contributed by atoms with Crippen molar-refractivity contribution in [2.75, 3.05) is 22.6 Å². The Labute approximate surface area is 196 Å². The molecule has 2 N–H and O–H groups in total. The van der Waals surface area contributed by atoms with E-state index in [1.165, 1.54) is 0 Å². The third kappa shape index (κ3) is 4.92. The van der Waals surface area contributed by atoms with Gasteiger partial charge in [0.15, 0.2) is 23.3 Å². The van der Waals surface area contributed by atoms with Gasteiger partial charge in [0, 0.05) is 37.2 Å². The average Bonchev–Trinajstić information content (AvgIpc) is 3.20. The van der Waals surface area contributed by atoms with Crippen LogP contribution in [-0.2, 0) is 16.0 Å². The smallest absolute Gasteiger partial charge is 0.246 e. The van der Waals surface area contributed by atoms with Crippen molar-refractivity contribution in [3.05, 3.63) is 41.1 Å². The summed E-state index contributed by atoms with van der Waals surface area (Å²) in [5.74, 6) is -3.55. The van der Waals surface area contributed by atoms with Crippen molar-refractivity contribution in [1.29, 1.82) is 0 Å². The maximum atomic E-state index is 13.4. The maximum absolute atomic E-state index is 13.4. The molecule has 0 radical (unpaired) electrons. The van der Waals surface area contributed by atoms with Crippen LogP contribution in [0.15, 0.2) is 12.1 Å². The molecule has 2 heterocycles. The molecule has 0 bridgehead atoms. The number of aryl methyl sites for hydroxylation is 1. The molecule has 2 amide bonds. The van der Waals surface area contributed by atoms with Gasteiger partial charge in [-0.05, 0) is 39.0 Å². The molecule has 1 fully saturated rings. The van der Waals surface area contributed by atoms with Crippen molar-refractivity contribution in [1.82, 2.24) is 9.97 Å². The fourth-order valence-corrected chi connectivity index (χ4v) is 4.32. The molecule has 33 heavy (non-hydrogen) atoms. The summed E-state index contributed by atoms with van der Waals surface area (Å²) in [6.07, 6.45) is 2.57. The molecule has 1 saturated carbocycles. The number of carbonyl (C=O) groups is 2. The summed E-state index contributed by atoms with van der Waals surface area (Å²) in [7, 11) is 1.81. The van der Waals surface area contributed by atoms with E-state index >= 15 is 0 Å². The standard InChI is InChI=1S/C22H24F3N5O2.H2S/c1-10-19-20(30(3)11(2)21(31)29-19)28-17(26-10)7-12-4-5-13(6-12)22(32)27-14-8-15(23)18(25)16(24)9-14;/h8-9,11-13H,4-7H2,1-3H3,(H,27,32)(H,29,31);1H2/t11-,12?,13?;/m0./s1. The second-order valence-corrected chi connectivity index (χ2v) is 8.52. The van der Waals surface area contributed by atoms with Crippen LogP contribution in [0.3, 0.4) is 0 Å². The van der Waals surface area contributed by atoms with E-state index < -0.39 is 17.5 Å². The van der Waals surface area contributed by atoms with Crippen molar-refractivity contribution >= 4 is 42.5 Å². The minimum Gasteiger partial charge on any atom is -0.346 e. The number of fused-ring (bicyclic) bond motifs is 1. The number of hydrogen-bond acceptors (Lipinski definition) is 5. The summed E-state index contributed by atoms with van der Waals surface area (Å²) in [5.41, 5.74) is 1.19. The highest BCUT2D eigenvalue weighted by Crippen LogP contribution is 2.36. The predicted molar refractivity (Wildman–Crippen MR) is 123 cm³/mol. The third-order valence-corrected chi connectivity index (χ3v) is 6.29. The molecule has 0 spiro atoms. The molecule has 0 saturated heterocycles. The van der Waals surface area contributed by atoms with E-state index in [2.05, 4.69) is 20.6 Å². The highest BCUT2D eigenvalue weighted by atomic mass is 32.1. The maximum Gasteiger partial charge on any atom is 0.246 e. The van der Waals surface area contributed by atoms with E-state index in [1.54, 1.807) is 6.92 Å². The van der Waals surface area contributed by atoms with E-state index in [-0.39, 0.29) is 48.9 Å². The second-order valence-electron chi connectivity index (χ2n) is 8.52. The van der Waals surface area contributed by atoms with Gasteiger partial charge in [-0.2, -0.15) is 13.5 Å². The third-order valence-electron chi connectivity index (χ3n) is 6.29. The Morgan fingerprint density at radius 1 is 1.21 bits per heavy atom. The largest absolute Gasteiger partial charge is 0.346 e. The van der Waals surface area contributed by atoms with Gasteiger partial charge in [-0.1, -0.05) is 0 Å². The van der Waals surface area contributed by atoms with Crippen molar-refractivity contribution in [2.45, 2.75) is 45.6 Å². The van der Waals surface area contributed by atoms with Crippen molar-refractivity contribution in [2.24, 2.45) is 11.8 Å². The van der Waals surface area contributed by atoms with Gasteiger partial charge in [-0.25, -0.2) is 23.1 Å². The van der Waals surface area contributed by atoms with Crippen molar-refractivity contribution < 1.29 is 22.8 Å². The number of hydrogen-bond donors (Lipinski definition) is 2. The van der Waals surface area contributed by atoms with Crippen LogP contribution in [0.4, 0.5) is 30.4 Å². The van der Waals surface area contributed by atoms with E-state index in [9.17, 15) is 22.8 Å². The topological polar surface area (TPSA) is 87.2 Å². The quantitative estimate of drug-likeness (QED) is 0.651. The first-order valence-electron chi connectivity index (χ1n) is 10.5. The van der Waals surface area contributed by atoms with Gasteiger partial charge in [0.05, 0.1) is 5.69 Å². The number of rotatable bonds is 4. The Balaban J connectivity index is 0.00000306. The van der Waals surface area contributed by atoms with Gasteiger partial charge in [0.25, 0.3) is 0 Å². The summed E-state index contributed by atoms with van der Waals surface area (Å²) in [4.78, 5) is 35.6. The first-order chi connectivity index (χ1) is 15.1. The van der Waals surface area contributed by atoms with Crippen LogP contribution in [0, 0.1) is 36.2 Å². The highest BCUT2D eigenvalue weighted by Gasteiger charge is 2.33. The molecule has 4 rings (SSSR count). The van der Waals surface area contributed by atoms with Gasteiger partial charge in [-0.15, -0.1) is 0 Å². The average molecular weight is 482 g/mol. The molecule has 1 aromatic heterocycles. The molecule has 3 atom stereocenters. The Morgan fingerprint density at radius 3 is 2.55 bits per heavy atom. The molecule has 11 heteroatoms. The fraction of sp³-hybridized carbons (Fsp3) is 0.455. The molecular weight excluding hydrogens is 455 g/mol. The summed E-state index contributed by atoms with van der Waals surface area (Å²) in [6, 6.07) is 1.19. The minimum absolute atomic E-state index is 0. The Bertz CT molecular complexity index is 1080. The van der Waals surface area contributed by atoms with Crippen LogP contribution >= 0.6 is 13.5 Å². The SMILES string of the molecule is Cc1nc(CC2CCC(C(=O)Nc3cc(F)c(F)c(F)c3)C2)nc2c1NC(=O)[C@H](C)N2C.S. The van der Waals surface area contributed by atoms with Gasteiger partial charge < -0.3 is 15.5 Å². The zero-order valence-electron chi connectivity index (χ0n) is 18.5. The van der Waals surface area contributed by atoms with Crippen molar-refractivity contribution in [3.8, 4) is 0 Å². The summed E-state index contributed by atoms with van der Waals surface area (Å²) in [6.45, 7) is 3.62. The monoisotopic (exact) mass is 481 g/mol. The molecular formula is C22H26F3N5O2S. The highest BCUT2D eigenvalue weighted by molar-refractivity contribution is 7.59. The lowest BCUT2D eigenvalue weighted by molar-refractivity contribution is -0.120. The van der Waals surface area contributed by atoms with E-state index in [4.69, 9.17) is 0 Å². The van der Waals surface area contributed by atoms with Gasteiger partial charge in [0.1, 0.15) is 17.6 Å². The first kappa shape index (κ1) is 24.8. The van der Waals surface area contributed by atoms with Crippen LogP contribution in [0.2, 0.25) is 0 Å². The molecule has 7 nitrogen and oxygen atoms in total. The van der Waals surface area contributed by atoms with Crippen LogP contribution in [0.1, 0.15) is 37.7 Å². The number of aromatic nitrogens is 2. The summed E-state index contributed by atoms with van der Waals surface area (Å²) >= 11 is 0. The molecule has 2 aromatic rings. The lowest BCUT2D eigenvalue weighted by Crippen LogP contribution is -2.45. The van der Waals surface area contributed by atoms with E-state index in [0.29, 0.717) is 42.3 Å². The molecule has 2 unspecified atom stereocenters. The molecule has 2 aliphatic rings. The molecule has 178 valence electrons. The number of halogens is 3. The van der Waals surface area contributed by atoms with E-state index in [1.807, 2.05) is 18.9 Å². The number of nitrogens with zero attached hydrogens (tertiary/aromatic N) is 3. The fourth-order valence-electron chi connectivity index (χ4n) is 4.32. The number of benzene rings is 1. The van der Waals surface area contributed by atoms with Crippen LogP contribution in [0.5, 0.6) is 0 Å². The predicted octanol–water partition coefficient (Wildman–Crippen LogP) is 3.69. The first-order valence-corrected chi connectivity index (χ1v) is 10.5. The molecule has 1 aliphatic carbocycles. The zero-order valence-corrected chi connectivity index (χ0v) is 19.5. The number of likely N-dealkylation sites (N-methyl/N-ethyl adjacent to an activating group) is 1. The zero-order chi connectivity index (χ0) is 23.2. The van der Waals surface area contributed by atoms with E-state index in [0.717, 1.165) is 18.6 Å². The number of anilines is 3. The van der Waals surface area contributed by atoms with Gasteiger partial charge in [-0.3, -0.25) is 9.59 Å². The van der Waals surface area contributed by atoms with Crippen LogP contribution < -0.4 is 15.5 Å².